The molecule has 0 aliphatic heterocycles. The van der Waals surface area contributed by atoms with Gasteiger partial charge in [0.15, 0.2) is 11.4 Å². The zero-order chi connectivity index (χ0) is 25.1. The SMILES string of the molecule is CCCCC(=O)O[C@]1(C(=O)CO)C(C)C[C@H]2[C@@H]3CCC4=CC(=O)C=C[C@]4(C)[C@@]3(Cl)C(Cl)C[C@@]21C. The Morgan fingerprint density at radius 1 is 1.26 bits per heavy atom. The van der Waals surface area contributed by atoms with Gasteiger partial charge in [-0.25, -0.2) is 0 Å². The number of halogens is 2. The van der Waals surface area contributed by atoms with E-state index in [0.717, 1.165) is 24.8 Å². The van der Waals surface area contributed by atoms with Crippen LogP contribution in [0.2, 0.25) is 0 Å². The molecule has 0 saturated heterocycles. The lowest BCUT2D eigenvalue weighted by Gasteiger charge is -2.64. The van der Waals surface area contributed by atoms with Crippen LogP contribution in [0.5, 0.6) is 0 Å². The summed E-state index contributed by atoms with van der Waals surface area (Å²) >= 11 is 14.8. The third-order valence-electron chi connectivity index (χ3n) is 9.70. The van der Waals surface area contributed by atoms with Crippen LogP contribution in [0.25, 0.3) is 0 Å². The molecule has 3 saturated carbocycles. The van der Waals surface area contributed by atoms with E-state index in [0.29, 0.717) is 19.3 Å². The highest BCUT2D eigenvalue weighted by molar-refractivity contribution is 6.34. The van der Waals surface area contributed by atoms with Gasteiger partial charge in [-0.1, -0.05) is 45.8 Å². The number of aliphatic hydroxyl groups is 1. The number of hydrogen-bond donors (Lipinski definition) is 1. The fourth-order valence-electron chi connectivity index (χ4n) is 8.00. The van der Waals surface area contributed by atoms with E-state index >= 15 is 0 Å². The number of Topliss-reactive ketones (excluding diaryl/α,β-unsaturated/α-hetero) is 1. The lowest BCUT2D eigenvalue weighted by Crippen LogP contribution is -2.68. The van der Waals surface area contributed by atoms with Crippen molar-refractivity contribution in [1.82, 2.24) is 0 Å². The van der Waals surface area contributed by atoms with Gasteiger partial charge in [-0.3, -0.25) is 14.4 Å². The van der Waals surface area contributed by atoms with Crippen molar-refractivity contribution in [3.8, 4) is 0 Å². The molecule has 0 aromatic carbocycles. The number of aliphatic hydroxyl groups excluding tert-OH is 1. The summed E-state index contributed by atoms with van der Waals surface area (Å²) in [5, 5.41) is 9.46. The van der Waals surface area contributed by atoms with Crippen molar-refractivity contribution in [2.45, 2.75) is 88.5 Å². The van der Waals surface area contributed by atoms with Crippen molar-refractivity contribution < 1.29 is 24.2 Å². The van der Waals surface area contributed by atoms with Crippen molar-refractivity contribution >= 4 is 40.7 Å². The molecule has 0 aromatic heterocycles. The lowest BCUT2D eigenvalue weighted by atomic mass is 9.46. The van der Waals surface area contributed by atoms with Crippen molar-refractivity contribution in [2.24, 2.45) is 28.6 Å². The van der Waals surface area contributed by atoms with Crippen LogP contribution in [0.4, 0.5) is 0 Å². The zero-order valence-electron chi connectivity index (χ0n) is 20.5. The predicted molar refractivity (Wildman–Crippen MR) is 132 cm³/mol. The molecular formula is C27H36Cl2O5. The molecule has 8 atom stereocenters. The van der Waals surface area contributed by atoms with Crippen molar-refractivity contribution in [1.29, 1.82) is 0 Å². The van der Waals surface area contributed by atoms with Gasteiger partial charge in [0.05, 0.1) is 10.3 Å². The first-order valence-electron chi connectivity index (χ1n) is 12.6. The molecule has 4 aliphatic carbocycles. The lowest BCUT2D eigenvalue weighted by molar-refractivity contribution is -0.195. The smallest absolute Gasteiger partial charge is 0.306 e. The minimum Gasteiger partial charge on any atom is -0.450 e. The van der Waals surface area contributed by atoms with Crippen LogP contribution in [-0.2, 0) is 19.1 Å². The quantitative estimate of drug-likeness (QED) is 0.394. The minimum atomic E-state index is -1.43. The Kier molecular flexibility index (Phi) is 6.66. The van der Waals surface area contributed by atoms with E-state index in [1.54, 1.807) is 12.2 Å². The van der Waals surface area contributed by atoms with E-state index in [2.05, 4.69) is 6.92 Å². The van der Waals surface area contributed by atoms with Gasteiger partial charge in [0.2, 0.25) is 5.78 Å². The van der Waals surface area contributed by atoms with E-state index < -0.39 is 45.0 Å². The van der Waals surface area contributed by atoms with Crippen LogP contribution in [0, 0.1) is 28.6 Å². The topological polar surface area (TPSA) is 80.7 Å². The molecule has 7 heteroatoms. The molecule has 2 unspecified atom stereocenters. The zero-order valence-corrected chi connectivity index (χ0v) is 22.0. The summed E-state index contributed by atoms with van der Waals surface area (Å²) in [6, 6.07) is 0. The number of carbonyl (C=O) groups excluding carboxylic acids is 3. The largest absolute Gasteiger partial charge is 0.450 e. The van der Waals surface area contributed by atoms with Gasteiger partial charge in [-0.2, -0.15) is 0 Å². The summed E-state index contributed by atoms with van der Waals surface area (Å²) in [6.07, 6.45) is 9.47. The Balaban J connectivity index is 1.80. The fraction of sp³-hybridized carbons (Fsp3) is 0.741. The highest BCUT2D eigenvalue weighted by atomic mass is 35.5. The fourth-order valence-corrected chi connectivity index (χ4v) is 9.23. The molecule has 4 aliphatic rings. The standard InChI is InChI=1S/C27H36Cl2O5/c1-5-6-7-23(33)34-27(22(32)15-30)16(2)12-20-19-9-8-17-13-18(31)10-11-24(17,3)26(19,29)21(28)14-25(20,27)4/h10-11,13,16,19-21,30H,5-9,12,14-15H2,1-4H3/t16?,19-,20-,21?,24-,25-,26-,27-/m0/s1. The van der Waals surface area contributed by atoms with Crippen LogP contribution in [0.3, 0.4) is 0 Å². The molecule has 0 spiro atoms. The average molecular weight is 511 g/mol. The van der Waals surface area contributed by atoms with Gasteiger partial charge in [0, 0.05) is 23.2 Å². The molecule has 0 bridgehead atoms. The van der Waals surface area contributed by atoms with E-state index in [1.165, 1.54) is 0 Å². The van der Waals surface area contributed by atoms with Crippen molar-refractivity contribution in [3.63, 3.8) is 0 Å². The summed E-state index contributed by atoms with van der Waals surface area (Å²) in [7, 11) is 0. The molecule has 1 N–H and O–H groups in total. The first kappa shape index (κ1) is 25.9. The average Bonchev–Trinajstić information content (AvgIpc) is 3.00. The van der Waals surface area contributed by atoms with Gasteiger partial charge in [0.1, 0.15) is 6.61 Å². The summed E-state index contributed by atoms with van der Waals surface area (Å²) in [4.78, 5) is 37.6. The summed E-state index contributed by atoms with van der Waals surface area (Å²) in [6.45, 7) is 7.32. The maximum absolute atomic E-state index is 13.4. The highest BCUT2D eigenvalue weighted by Gasteiger charge is 2.76. The van der Waals surface area contributed by atoms with Crippen LogP contribution >= 0.6 is 23.2 Å². The Labute approximate surface area is 212 Å². The number of rotatable bonds is 6. The Morgan fingerprint density at radius 2 is 1.97 bits per heavy atom. The number of ketones is 2. The summed E-state index contributed by atoms with van der Waals surface area (Å²) < 4.78 is 6.13. The predicted octanol–water partition coefficient (Wildman–Crippen LogP) is 5.15. The van der Waals surface area contributed by atoms with E-state index in [1.807, 2.05) is 26.8 Å². The van der Waals surface area contributed by atoms with Gasteiger partial charge in [-0.15, -0.1) is 23.2 Å². The van der Waals surface area contributed by atoms with Gasteiger partial charge < -0.3 is 9.84 Å². The van der Waals surface area contributed by atoms with Crippen molar-refractivity contribution in [3.05, 3.63) is 23.8 Å². The number of esters is 1. The second-order valence-electron chi connectivity index (χ2n) is 11.2. The molecule has 0 amide bonds. The molecule has 34 heavy (non-hydrogen) atoms. The molecular weight excluding hydrogens is 475 g/mol. The third-order valence-corrected chi connectivity index (χ3v) is 11.3. The monoisotopic (exact) mass is 510 g/mol. The molecule has 5 nitrogen and oxygen atoms in total. The third kappa shape index (κ3) is 3.25. The van der Waals surface area contributed by atoms with E-state index in [9.17, 15) is 19.5 Å². The number of alkyl halides is 2. The molecule has 0 heterocycles. The minimum absolute atomic E-state index is 0.0196. The highest BCUT2D eigenvalue weighted by Crippen LogP contribution is 2.72. The Morgan fingerprint density at radius 3 is 2.62 bits per heavy atom. The maximum Gasteiger partial charge on any atom is 0.306 e. The maximum atomic E-state index is 13.4. The normalized spacial score (nSPS) is 45.1. The van der Waals surface area contributed by atoms with Gasteiger partial charge >= 0.3 is 5.97 Å². The van der Waals surface area contributed by atoms with Gasteiger partial charge in [0.25, 0.3) is 0 Å². The number of unbranched alkanes of at least 4 members (excludes halogenated alkanes) is 1. The second-order valence-corrected chi connectivity index (χ2v) is 12.4. The Hall–Kier alpha value is -1.17. The van der Waals surface area contributed by atoms with Crippen LogP contribution in [0.1, 0.15) is 72.6 Å². The molecule has 4 rings (SSSR count). The van der Waals surface area contributed by atoms with Crippen molar-refractivity contribution in [2.75, 3.05) is 6.61 Å². The van der Waals surface area contributed by atoms with E-state index in [-0.39, 0.29) is 30.0 Å². The first-order valence-corrected chi connectivity index (χ1v) is 13.4. The number of ether oxygens (including phenoxy) is 1. The number of hydrogen-bond acceptors (Lipinski definition) is 5. The molecule has 0 aromatic rings. The number of allylic oxidation sites excluding steroid dienone is 4. The molecule has 188 valence electrons. The number of carbonyl (C=O) groups is 3. The van der Waals surface area contributed by atoms with Gasteiger partial charge in [-0.05, 0) is 56.1 Å². The van der Waals surface area contributed by atoms with Crippen LogP contribution in [0.15, 0.2) is 23.8 Å². The number of fused-ring (bicyclic) bond motifs is 5. The molecule has 0 radical (unpaired) electrons. The molecule has 3 fully saturated rings. The Bertz CT molecular complexity index is 959. The summed E-state index contributed by atoms with van der Waals surface area (Å²) in [5.41, 5.74) is -1.75. The van der Waals surface area contributed by atoms with Crippen LogP contribution in [-0.4, -0.2) is 45.1 Å². The first-order chi connectivity index (χ1) is 15.9. The van der Waals surface area contributed by atoms with Crippen LogP contribution < -0.4 is 0 Å². The summed E-state index contributed by atoms with van der Waals surface area (Å²) in [5.74, 6) is -1.22. The van der Waals surface area contributed by atoms with E-state index in [4.69, 9.17) is 27.9 Å². The second kappa shape index (κ2) is 8.74.